The molecule has 2 aliphatic carbocycles. The molecule has 0 N–H and O–H groups in total. The van der Waals surface area contributed by atoms with Gasteiger partial charge >= 0.3 is 0 Å². The van der Waals surface area contributed by atoms with Crippen LogP contribution in [0.15, 0.2) is 68.4 Å². The first kappa shape index (κ1) is 17.3. The van der Waals surface area contributed by atoms with Crippen LogP contribution in [0.5, 0.6) is 0 Å². The molecule has 1 aliphatic heterocycles. The second-order valence-electron chi connectivity index (χ2n) is 6.65. The van der Waals surface area contributed by atoms with Gasteiger partial charge in [0, 0.05) is 52.7 Å². The van der Waals surface area contributed by atoms with Gasteiger partial charge in [-0.1, -0.05) is 36.1 Å². The molecule has 2 unspecified atom stereocenters. The number of hydrogen-bond donors (Lipinski definition) is 0. The van der Waals surface area contributed by atoms with E-state index in [4.69, 9.17) is 9.98 Å². The maximum Gasteiger partial charge on any atom is 0.0774 e. The number of anilines is 1. The molecular weight excluding hydrogens is 338 g/mol. The Labute approximate surface area is 160 Å². The van der Waals surface area contributed by atoms with E-state index in [0.717, 1.165) is 25.3 Å². The van der Waals surface area contributed by atoms with Crippen LogP contribution in [0.25, 0.3) is 0 Å². The normalized spacial score (nSPS) is 24.5. The molecule has 0 aromatic heterocycles. The summed E-state index contributed by atoms with van der Waals surface area (Å²) < 4.78 is 0. The lowest BCUT2D eigenvalue weighted by Crippen LogP contribution is -2.33. The van der Waals surface area contributed by atoms with Crippen molar-refractivity contribution >= 4 is 34.6 Å². The maximum absolute atomic E-state index is 5.07. The van der Waals surface area contributed by atoms with Gasteiger partial charge in [-0.25, -0.2) is 0 Å². The maximum atomic E-state index is 5.07. The summed E-state index contributed by atoms with van der Waals surface area (Å²) in [5.41, 5.74) is 4.74. The third-order valence-corrected chi connectivity index (χ3v) is 6.29. The predicted octanol–water partition coefficient (Wildman–Crippen LogP) is 5.43. The zero-order chi connectivity index (χ0) is 18.1. The zero-order valence-electron chi connectivity index (χ0n) is 15.6. The van der Waals surface area contributed by atoms with Crippen molar-refractivity contribution in [1.29, 1.82) is 0 Å². The Morgan fingerprint density at radius 1 is 1.08 bits per heavy atom. The molecule has 0 saturated heterocycles. The van der Waals surface area contributed by atoms with Crippen LogP contribution >= 0.6 is 11.8 Å². The number of rotatable bonds is 4. The van der Waals surface area contributed by atoms with Crippen molar-refractivity contribution in [3.63, 3.8) is 0 Å². The lowest BCUT2D eigenvalue weighted by atomic mass is 9.77. The summed E-state index contributed by atoms with van der Waals surface area (Å²) in [7, 11) is 0. The van der Waals surface area contributed by atoms with E-state index in [2.05, 4.69) is 74.3 Å². The van der Waals surface area contributed by atoms with Gasteiger partial charge in [-0.2, -0.15) is 0 Å². The van der Waals surface area contributed by atoms with Gasteiger partial charge in [-0.05, 0) is 45.0 Å². The number of allylic oxidation sites excluding steroid dienone is 6. The second-order valence-corrected chi connectivity index (χ2v) is 7.74. The van der Waals surface area contributed by atoms with Crippen molar-refractivity contribution in [2.75, 3.05) is 24.5 Å². The van der Waals surface area contributed by atoms with Gasteiger partial charge in [0.05, 0.1) is 11.4 Å². The molecular formula is C22H25N3S. The van der Waals surface area contributed by atoms with E-state index in [9.17, 15) is 0 Å². The molecule has 0 amide bonds. The fraction of sp³-hybridized carbons (Fsp3) is 0.364. The minimum absolute atomic E-state index is 0.299. The number of hydrogen-bond acceptors (Lipinski definition) is 4. The highest BCUT2D eigenvalue weighted by Gasteiger charge is 2.35. The Hall–Kier alpha value is -2.07. The average molecular weight is 364 g/mol. The lowest BCUT2D eigenvalue weighted by molar-refractivity contribution is 0.733. The van der Waals surface area contributed by atoms with Crippen LogP contribution in [0.3, 0.4) is 0 Å². The summed E-state index contributed by atoms with van der Waals surface area (Å²) in [5.74, 6) is 0.618. The molecule has 3 nitrogen and oxygen atoms in total. The van der Waals surface area contributed by atoms with Gasteiger partial charge in [0.1, 0.15) is 0 Å². The minimum atomic E-state index is 0.299. The molecule has 0 saturated carbocycles. The third-order valence-electron chi connectivity index (χ3n) is 5.20. The summed E-state index contributed by atoms with van der Waals surface area (Å²) in [5, 5.41) is 0. The van der Waals surface area contributed by atoms with Crippen LogP contribution in [-0.2, 0) is 0 Å². The van der Waals surface area contributed by atoms with Crippen LogP contribution in [0.2, 0.25) is 0 Å². The molecule has 3 aliphatic rings. The first-order valence-electron chi connectivity index (χ1n) is 9.52. The highest BCUT2D eigenvalue weighted by atomic mass is 32.2. The molecule has 0 fully saturated rings. The summed E-state index contributed by atoms with van der Waals surface area (Å²) in [6.07, 6.45) is 11.1. The number of aliphatic imine (C=N–C) groups is 2. The lowest BCUT2D eigenvalue weighted by Gasteiger charge is -2.34. The van der Waals surface area contributed by atoms with Gasteiger partial charge < -0.3 is 4.90 Å². The van der Waals surface area contributed by atoms with Crippen LogP contribution in [0.4, 0.5) is 11.4 Å². The number of nitrogens with zero attached hydrogens (tertiary/aromatic N) is 3. The Morgan fingerprint density at radius 3 is 2.58 bits per heavy atom. The van der Waals surface area contributed by atoms with E-state index in [-0.39, 0.29) is 0 Å². The van der Waals surface area contributed by atoms with Crippen molar-refractivity contribution < 1.29 is 0 Å². The summed E-state index contributed by atoms with van der Waals surface area (Å²) >= 11 is 1.84. The summed E-state index contributed by atoms with van der Waals surface area (Å²) in [6.45, 7) is 9.36. The monoisotopic (exact) mass is 363 g/mol. The SMILES string of the molecule is CCN=C1C=C2Sc3cc(N(CC)CC)ccc3N=C2C2C=CC=CC12. The smallest absolute Gasteiger partial charge is 0.0774 e. The standard InChI is InChI=1S/C22H25N3S/c1-4-23-19-14-21-22(17-10-8-7-9-16(17)19)24-18-12-11-15(13-20(18)26-21)25(5-2)6-3/h7-14,16-17H,4-6H2,1-3H3. The number of fused-ring (bicyclic) bond motifs is 4. The molecule has 0 bridgehead atoms. The average Bonchev–Trinajstić information content (AvgIpc) is 2.68. The van der Waals surface area contributed by atoms with E-state index >= 15 is 0 Å². The Balaban J connectivity index is 1.78. The number of thioether (sulfide) groups is 1. The van der Waals surface area contributed by atoms with Crippen LogP contribution < -0.4 is 4.90 Å². The van der Waals surface area contributed by atoms with Gasteiger partial charge in [0.2, 0.25) is 0 Å². The molecule has 4 heteroatoms. The predicted molar refractivity (Wildman–Crippen MR) is 114 cm³/mol. The van der Waals surface area contributed by atoms with Crippen molar-refractivity contribution in [3.05, 3.63) is 53.5 Å². The van der Waals surface area contributed by atoms with Crippen molar-refractivity contribution in [2.24, 2.45) is 21.8 Å². The fourth-order valence-electron chi connectivity index (χ4n) is 3.88. The van der Waals surface area contributed by atoms with Crippen molar-refractivity contribution in [3.8, 4) is 0 Å². The third kappa shape index (κ3) is 2.96. The zero-order valence-corrected chi connectivity index (χ0v) is 16.5. The molecule has 4 rings (SSSR count). The number of benzene rings is 1. The Morgan fingerprint density at radius 2 is 1.85 bits per heavy atom. The highest BCUT2D eigenvalue weighted by molar-refractivity contribution is 8.04. The molecule has 1 aromatic rings. The molecule has 2 atom stereocenters. The van der Waals surface area contributed by atoms with E-state index < -0.39 is 0 Å². The first-order valence-corrected chi connectivity index (χ1v) is 10.3. The second kappa shape index (κ2) is 7.28. The minimum Gasteiger partial charge on any atom is -0.372 e. The quantitative estimate of drug-likeness (QED) is 0.713. The molecule has 134 valence electrons. The van der Waals surface area contributed by atoms with Crippen LogP contribution in [0, 0.1) is 11.8 Å². The highest BCUT2D eigenvalue weighted by Crippen LogP contribution is 2.47. The van der Waals surface area contributed by atoms with Gasteiger partial charge in [-0.15, -0.1) is 0 Å². The van der Waals surface area contributed by atoms with E-state index in [1.165, 1.54) is 26.9 Å². The van der Waals surface area contributed by atoms with Gasteiger partial charge in [0.25, 0.3) is 0 Å². The largest absolute Gasteiger partial charge is 0.372 e. The van der Waals surface area contributed by atoms with Crippen LogP contribution in [0.1, 0.15) is 20.8 Å². The van der Waals surface area contributed by atoms with Crippen molar-refractivity contribution in [2.45, 2.75) is 25.7 Å². The topological polar surface area (TPSA) is 28.0 Å². The Bertz CT molecular complexity index is 856. The van der Waals surface area contributed by atoms with Gasteiger partial charge in [0.15, 0.2) is 0 Å². The molecule has 1 heterocycles. The van der Waals surface area contributed by atoms with E-state index in [1.54, 1.807) is 0 Å². The molecule has 26 heavy (non-hydrogen) atoms. The van der Waals surface area contributed by atoms with E-state index in [0.29, 0.717) is 11.8 Å². The fourth-order valence-corrected chi connectivity index (χ4v) is 4.98. The first-order chi connectivity index (χ1) is 12.7. The summed E-state index contributed by atoms with van der Waals surface area (Å²) in [4.78, 5) is 14.7. The summed E-state index contributed by atoms with van der Waals surface area (Å²) in [6, 6.07) is 6.66. The van der Waals surface area contributed by atoms with Crippen molar-refractivity contribution in [1.82, 2.24) is 0 Å². The molecule has 1 aromatic carbocycles. The Kier molecular flexibility index (Phi) is 4.86. The molecule has 0 spiro atoms. The van der Waals surface area contributed by atoms with E-state index in [1.807, 2.05) is 11.8 Å². The molecule has 0 radical (unpaired) electrons. The van der Waals surface area contributed by atoms with Gasteiger partial charge in [-0.3, -0.25) is 9.98 Å². The van der Waals surface area contributed by atoms with Crippen LogP contribution in [-0.4, -0.2) is 31.1 Å².